The van der Waals surface area contributed by atoms with Gasteiger partial charge in [-0.1, -0.05) is 17.7 Å². The first kappa shape index (κ1) is 13.7. The summed E-state index contributed by atoms with van der Waals surface area (Å²) in [5.41, 5.74) is 3.72. The predicted molar refractivity (Wildman–Crippen MR) is 82.7 cm³/mol. The highest BCUT2D eigenvalue weighted by Gasteiger charge is 2.20. The Bertz CT molecular complexity index is 594. The van der Waals surface area contributed by atoms with Gasteiger partial charge in [0.25, 0.3) is 0 Å². The van der Waals surface area contributed by atoms with Gasteiger partial charge < -0.3 is 9.84 Å². The Hall–Kier alpha value is -1.32. The molecular weight excluding hydrogens is 268 g/mol. The zero-order chi connectivity index (χ0) is 14.1. The van der Waals surface area contributed by atoms with E-state index in [0.29, 0.717) is 6.42 Å². The normalized spacial score (nSPS) is 15.2. The lowest BCUT2D eigenvalue weighted by molar-refractivity contribution is 0.181. The lowest BCUT2D eigenvalue weighted by Crippen LogP contribution is -2.02. The lowest BCUT2D eigenvalue weighted by Gasteiger charge is -2.13. The Kier molecular flexibility index (Phi) is 3.81. The summed E-state index contributed by atoms with van der Waals surface area (Å²) in [5.74, 6) is 0.860. The molecule has 1 aliphatic rings. The minimum atomic E-state index is -0.429. The largest absolute Gasteiger partial charge is 0.496 e. The standard InChI is InChI=1S/C17H20O2S/c1-11-6-7-15(19-2)13(8-11)9-14(18)17-10-12-4-3-5-16(12)20-17/h6-8,10,14,18H,3-5,9H2,1-2H3. The summed E-state index contributed by atoms with van der Waals surface area (Å²) >= 11 is 1.78. The van der Waals surface area contributed by atoms with Crippen LogP contribution in [-0.2, 0) is 19.3 Å². The number of hydrogen-bond donors (Lipinski definition) is 1. The molecule has 0 spiro atoms. The fourth-order valence-corrected chi connectivity index (χ4v) is 4.14. The van der Waals surface area contributed by atoms with Gasteiger partial charge in [0.15, 0.2) is 0 Å². The van der Waals surface area contributed by atoms with Crippen molar-refractivity contribution in [1.82, 2.24) is 0 Å². The summed E-state index contributed by atoms with van der Waals surface area (Å²) in [5, 5.41) is 10.5. The molecule has 0 radical (unpaired) electrons. The summed E-state index contributed by atoms with van der Waals surface area (Å²) < 4.78 is 5.39. The summed E-state index contributed by atoms with van der Waals surface area (Å²) in [7, 11) is 1.68. The van der Waals surface area contributed by atoms with E-state index < -0.39 is 6.10 Å². The maximum Gasteiger partial charge on any atom is 0.122 e. The number of benzene rings is 1. The van der Waals surface area contributed by atoms with E-state index >= 15 is 0 Å². The Balaban J connectivity index is 1.81. The average Bonchev–Trinajstić information content (AvgIpc) is 2.99. The van der Waals surface area contributed by atoms with Crippen LogP contribution >= 0.6 is 11.3 Å². The molecule has 0 fully saturated rings. The fourth-order valence-electron chi connectivity index (χ4n) is 2.89. The molecule has 1 aromatic carbocycles. The molecule has 0 saturated heterocycles. The van der Waals surface area contributed by atoms with E-state index in [1.54, 1.807) is 18.4 Å². The Morgan fingerprint density at radius 1 is 1.30 bits per heavy atom. The third-order valence-electron chi connectivity index (χ3n) is 3.94. The quantitative estimate of drug-likeness (QED) is 0.926. The molecule has 3 rings (SSSR count). The number of aryl methyl sites for hydroxylation is 3. The molecule has 2 aromatic rings. The van der Waals surface area contributed by atoms with Crippen molar-refractivity contribution < 1.29 is 9.84 Å². The minimum absolute atomic E-state index is 0.429. The van der Waals surface area contributed by atoms with Crippen molar-refractivity contribution in [3.63, 3.8) is 0 Å². The monoisotopic (exact) mass is 288 g/mol. The second-order valence-electron chi connectivity index (χ2n) is 5.49. The summed E-state index contributed by atoms with van der Waals surface area (Å²) in [6, 6.07) is 8.31. The fraction of sp³-hybridized carbons (Fsp3) is 0.412. The topological polar surface area (TPSA) is 29.5 Å². The van der Waals surface area contributed by atoms with Gasteiger partial charge in [0.1, 0.15) is 5.75 Å². The highest BCUT2D eigenvalue weighted by atomic mass is 32.1. The number of aliphatic hydroxyl groups is 1. The molecule has 1 heterocycles. The summed E-state index contributed by atoms with van der Waals surface area (Å²) in [6.45, 7) is 2.06. The van der Waals surface area contributed by atoms with Gasteiger partial charge in [-0.3, -0.25) is 0 Å². The van der Waals surface area contributed by atoms with Gasteiger partial charge in [0.2, 0.25) is 0 Å². The van der Waals surface area contributed by atoms with Crippen LogP contribution in [0.15, 0.2) is 24.3 Å². The number of hydrogen-bond acceptors (Lipinski definition) is 3. The van der Waals surface area contributed by atoms with Crippen LogP contribution in [0.2, 0.25) is 0 Å². The van der Waals surface area contributed by atoms with Crippen LogP contribution in [0.4, 0.5) is 0 Å². The van der Waals surface area contributed by atoms with Crippen molar-refractivity contribution in [2.75, 3.05) is 7.11 Å². The highest BCUT2D eigenvalue weighted by molar-refractivity contribution is 7.12. The second kappa shape index (κ2) is 5.58. The van der Waals surface area contributed by atoms with Gasteiger partial charge >= 0.3 is 0 Å². The third kappa shape index (κ3) is 2.60. The van der Waals surface area contributed by atoms with E-state index in [1.807, 2.05) is 12.1 Å². The van der Waals surface area contributed by atoms with Crippen molar-refractivity contribution in [3.05, 3.63) is 50.7 Å². The third-order valence-corrected chi connectivity index (χ3v) is 5.28. The van der Waals surface area contributed by atoms with E-state index in [9.17, 15) is 5.11 Å². The van der Waals surface area contributed by atoms with Crippen LogP contribution in [0.5, 0.6) is 5.75 Å². The van der Waals surface area contributed by atoms with Crippen LogP contribution in [0.25, 0.3) is 0 Å². The van der Waals surface area contributed by atoms with Gasteiger partial charge in [0, 0.05) is 16.2 Å². The van der Waals surface area contributed by atoms with E-state index in [2.05, 4.69) is 19.1 Å². The molecule has 0 amide bonds. The van der Waals surface area contributed by atoms with E-state index in [-0.39, 0.29) is 0 Å². The number of aliphatic hydroxyl groups excluding tert-OH is 1. The van der Waals surface area contributed by atoms with Crippen LogP contribution < -0.4 is 4.74 Å². The maximum atomic E-state index is 10.5. The molecule has 1 unspecified atom stereocenters. The molecule has 1 aromatic heterocycles. The molecule has 2 nitrogen and oxygen atoms in total. The van der Waals surface area contributed by atoms with Crippen molar-refractivity contribution in [2.24, 2.45) is 0 Å². The van der Waals surface area contributed by atoms with Crippen LogP contribution in [0.1, 0.15) is 39.0 Å². The molecule has 20 heavy (non-hydrogen) atoms. The van der Waals surface area contributed by atoms with Crippen LogP contribution in [-0.4, -0.2) is 12.2 Å². The number of thiophene rings is 1. The molecule has 106 valence electrons. The summed E-state index contributed by atoms with van der Waals surface area (Å²) in [6.07, 6.45) is 3.81. The molecule has 0 bridgehead atoms. The summed E-state index contributed by atoms with van der Waals surface area (Å²) in [4.78, 5) is 2.56. The minimum Gasteiger partial charge on any atom is -0.496 e. The van der Waals surface area contributed by atoms with Crippen LogP contribution in [0.3, 0.4) is 0 Å². The first-order chi connectivity index (χ1) is 9.67. The van der Waals surface area contributed by atoms with Crippen molar-refractivity contribution in [3.8, 4) is 5.75 Å². The van der Waals surface area contributed by atoms with Gasteiger partial charge in [-0.05, 0) is 49.4 Å². The van der Waals surface area contributed by atoms with E-state index in [4.69, 9.17) is 4.74 Å². The molecule has 0 aliphatic heterocycles. The smallest absolute Gasteiger partial charge is 0.122 e. The van der Waals surface area contributed by atoms with Crippen LogP contribution in [0, 0.1) is 6.92 Å². The van der Waals surface area contributed by atoms with Gasteiger partial charge in [-0.2, -0.15) is 0 Å². The van der Waals surface area contributed by atoms with E-state index in [1.165, 1.54) is 35.3 Å². The molecule has 1 atom stereocenters. The Morgan fingerprint density at radius 3 is 2.90 bits per heavy atom. The van der Waals surface area contributed by atoms with Crippen molar-refractivity contribution in [2.45, 2.75) is 38.7 Å². The molecule has 1 N–H and O–H groups in total. The van der Waals surface area contributed by atoms with Gasteiger partial charge in [0.05, 0.1) is 13.2 Å². The molecule has 1 aliphatic carbocycles. The molecule has 0 saturated carbocycles. The van der Waals surface area contributed by atoms with Gasteiger partial charge in [-0.15, -0.1) is 11.3 Å². The number of methoxy groups -OCH3 is 1. The Labute approximate surface area is 124 Å². The molecule has 3 heteroatoms. The van der Waals surface area contributed by atoms with Crippen molar-refractivity contribution >= 4 is 11.3 Å². The first-order valence-electron chi connectivity index (χ1n) is 7.10. The van der Waals surface area contributed by atoms with Crippen molar-refractivity contribution in [1.29, 1.82) is 0 Å². The molecular formula is C17H20O2S. The zero-order valence-electron chi connectivity index (χ0n) is 12.0. The first-order valence-corrected chi connectivity index (χ1v) is 7.92. The SMILES string of the molecule is COc1ccc(C)cc1CC(O)c1cc2c(s1)CCC2. The maximum absolute atomic E-state index is 10.5. The predicted octanol–water partition coefficient (Wildman–Crippen LogP) is 3.83. The average molecular weight is 288 g/mol. The lowest BCUT2D eigenvalue weighted by atomic mass is 10.0. The number of rotatable bonds is 4. The number of ether oxygens (including phenoxy) is 1. The van der Waals surface area contributed by atoms with Gasteiger partial charge in [-0.25, -0.2) is 0 Å². The zero-order valence-corrected chi connectivity index (χ0v) is 12.8. The van der Waals surface area contributed by atoms with E-state index in [0.717, 1.165) is 16.2 Å². The number of fused-ring (bicyclic) bond motifs is 1. The Morgan fingerprint density at radius 2 is 2.15 bits per heavy atom. The second-order valence-corrected chi connectivity index (χ2v) is 6.65. The highest BCUT2D eigenvalue weighted by Crippen LogP contribution is 2.35.